The van der Waals surface area contributed by atoms with Crippen LogP contribution < -0.4 is 11.1 Å². The molecule has 1 rings (SSSR count). The van der Waals surface area contributed by atoms with Crippen molar-refractivity contribution in [3.63, 3.8) is 0 Å². The van der Waals surface area contributed by atoms with Gasteiger partial charge in [-0.05, 0) is 23.6 Å². The normalized spacial score (nSPS) is 13.6. The molecule has 1 unspecified atom stereocenters. The van der Waals surface area contributed by atoms with Crippen LogP contribution in [0.15, 0.2) is 23.5 Å². The molecule has 0 aromatic carbocycles. The minimum absolute atomic E-state index is 0.0181. The van der Waals surface area contributed by atoms with E-state index in [0.717, 1.165) is 18.7 Å². The van der Waals surface area contributed by atoms with Gasteiger partial charge in [-0.2, -0.15) is 0 Å². The number of rotatable bonds is 7. The molecular formula is C12H20N4O2. The molecule has 0 aliphatic heterocycles. The fourth-order valence-corrected chi connectivity index (χ4v) is 1.58. The standard InChI is InChI=1S/C12H20N4O2/c1-9(8-18-2)6-14-7-10-3-4-15-11(5-10)12(13)16-17/h3-5,9,14,17H,6-8H2,1-2H3,(H2,13,16). The number of nitrogens with one attached hydrogen (secondary N) is 1. The lowest BCUT2D eigenvalue weighted by Crippen LogP contribution is -2.23. The van der Waals surface area contributed by atoms with E-state index in [1.165, 1.54) is 0 Å². The molecule has 0 aliphatic carbocycles. The molecule has 0 aliphatic rings. The van der Waals surface area contributed by atoms with Gasteiger partial charge in [-0.1, -0.05) is 12.1 Å². The van der Waals surface area contributed by atoms with E-state index in [1.807, 2.05) is 6.07 Å². The molecule has 0 bridgehead atoms. The minimum atomic E-state index is 0.0181. The van der Waals surface area contributed by atoms with Crippen molar-refractivity contribution >= 4 is 5.84 Å². The van der Waals surface area contributed by atoms with Gasteiger partial charge >= 0.3 is 0 Å². The molecule has 18 heavy (non-hydrogen) atoms. The Bertz CT molecular complexity index is 395. The average molecular weight is 252 g/mol. The van der Waals surface area contributed by atoms with Crippen molar-refractivity contribution in [1.29, 1.82) is 0 Å². The number of pyridine rings is 1. The second-order valence-corrected chi connectivity index (χ2v) is 4.23. The SMILES string of the molecule is COCC(C)CNCc1ccnc(C(N)=NO)c1. The summed E-state index contributed by atoms with van der Waals surface area (Å²) >= 11 is 0. The van der Waals surface area contributed by atoms with Crippen molar-refractivity contribution < 1.29 is 9.94 Å². The highest BCUT2D eigenvalue weighted by molar-refractivity contribution is 5.95. The number of methoxy groups -OCH3 is 1. The summed E-state index contributed by atoms with van der Waals surface area (Å²) in [5.74, 6) is 0.477. The fraction of sp³-hybridized carbons (Fsp3) is 0.500. The molecule has 0 fully saturated rings. The largest absolute Gasteiger partial charge is 0.409 e. The third-order valence-electron chi connectivity index (χ3n) is 2.47. The van der Waals surface area contributed by atoms with E-state index < -0.39 is 0 Å². The maximum Gasteiger partial charge on any atom is 0.188 e. The van der Waals surface area contributed by atoms with Crippen LogP contribution in [0.1, 0.15) is 18.2 Å². The first-order chi connectivity index (χ1) is 8.67. The number of nitrogens with two attached hydrogens (primary N) is 1. The number of amidine groups is 1. The Balaban J connectivity index is 2.48. The van der Waals surface area contributed by atoms with Crippen molar-refractivity contribution in [3.05, 3.63) is 29.6 Å². The number of nitrogens with zero attached hydrogens (tertiary/aromatic N) is 2. The molecule has 1 heterocycles. The summed E-state index contributed by atoms with van der Waals surface area (Å²) in [6, 6.07) is 3.69. The second-order valence-electron chi connectivity index (χ2n) is 4.23. The molecule has 1 atom stereocenters. The first-order valence-electron chi connectivity index (χ1n) is 5.79. The second kappa shape index (κ2) is 7.62. The Morgan fingerprint density at radius 3 is 3.11 bits per heavy atom. The molecule has 4 N–H and O–H groups in total. The van der Waals surface area contributed by atoms with E-state index in [9.17, 15) is 0 Å². The lowest BCUT2D eigenvalue weighted by molar-refractivity contribution is 0.158. The zero-order valence-electron chi connectivity index (χ0n) is 10.8. The predicted octanol–water partition coefficient (Wildman–Crippen LogP) is 0.548. The van der Waals surface area contributed by atoms with E-state index >= 15 is 0 Å². The zero-order chi connectivity index (χ0) is 13.4. The van der Waals surface area contributed by atoms with Crippen LogP contribution in [-0.2, 0) is 11.3 Å². The molecule has 100 valence electrons. The predicted molar refractivity (Wildman–Crippen MR) is 69.5 cm³/mol. The van der Waals surface area contributed by atoms with Crippen molar-refractivity contribution in [2.24, 2.45) is 16.8 Å². The number of ether oxygens (including phenoxy) is 1. The Kier molecular flexibility index (Phi) is 6.10. The van der Waals surface area contributed by atoms with Gasteiger partial charge in [0.2, 0.25) is 0 Å². The lowest BCUT2D eigenvalue weighted by Gasteiger charge is -2.11. The molecule has 0 spiro atoms. The van der Waals surface area contributed by atoms with Gasteiger partial charge in [-0.25, -0.2) is 0 Å². The summed E-state index contributed by atoms with van der Waals surface area (Å²) in [4.78, 5) is 4.02. The highest BCUT2D eigenvalue weighted by Gasteiger charge is 2.03. The number of hydrogen-bond acceptors (Lipinski definition) is 5. The van der Waals surface area contributed by atoms with Crippen LogP contribution in [0.25, 0.3) is 0 Å². The van der Waals surface area contributed by atoms with Crippen LogP contribution in [0.5, 0.6) is 0 Å². The van der Waals surface area contributed by atoms with Gasteiger partial charge in [-0.3, -0.25) is 4.98 Å². The topological polar surface area (TPSA) is 92.8 Å². The summed E-state index contributed by atoms with van der Waals surface area (Å²) in [6.45, 7) is 4.43. The molecule has 1 aromatic rings. The summed E-state index contributed by atoms with van der Waals surface area (Å²) in [5, 5.41) is 14.8. The summed E-state index contributed by atoms with van der Waals surface area (Å²) in [6.07, 6.45) is 1.64. The monoisotopic (exact) mass is 252 g/mol. The summed E-state index contributed by atoms with van der Waals surface area (Å²) in [5.41, 5.74) is 6.99. The van der Waals surface area contributed by atoms with E-state index in [1.54, 1.807) is 19.4 Å². The van der Waals surface area contributed by atoms with E-state index in [2.05, 4.69) is 22.4 Å². The van der Waals surface area contributed by atoms with Crippen LogP contribution in [0.4, 0.5) is 0 Å². The van der Waals surface area contributed by atoms with Gasteiger partial charge in [0.1, 0.15) is 5.69 Å². The molecule has 6 nitrogen and oxygen atoms in total. The van der Waals surface area contributed by atoms with Gasteiger partial charge < -0.3 is 21.0 Å². The van der Waals surface area contributed by atoms with Crippen LogP contribution in [0, 0.1) is 5.92 Å². The Morgan fingerprint density at radius 2 is 2.44 bits per heavy atom. The van der Waals surface area contributed by atoms with Gasteiger partial charge in [0.15, 0.2) is 5.84 Å². The van der Waals surface area contributed by atoms with Crippen molar-refractivity contribution in [2.45, 2.75) is 13.5 Å². The van der Waals surface area contributed by atoms with Crippen LogP contribution in [0.2, 0.25) is 0 Å². The molecule has 1 aromatic heterocycles. The van der Waals surface area contributed by atoms with Gasteiger partial charge in [0.05, 0.1) is 0 Å². The third kappa shape index (κ3) is 4.68. The third-order valence-corrected chi connectivity index (χ3v) is 2.47. The van der Waals surface area contributed by atoms with E-state index in [0.29, 0.717) is 18.2 Å². The van der Waals surface area contributed by atoms with Gasteiger partial charge in [-0.15, -0.1) is 0 Å². The quantitative estimate of drug-likeness (QED) is 0.285. The maximum absolute atomic E-state index is 8.58. The number of hydrogen-bond donors (Lipinski definition) is 3. The van der Waals surface area contributed by atoms with Crippen molar-refractivity contribution in [1.82, 2.24) is 10.3 Å². The molecule has 0 radical (unpaired) electrons. The molecule has 0 saturated heterocycles. The van der Waals surface area contributed by atoms with E-state index in [-0.39, 0.29) is 5.84 Å². The minimum Gasteiger partial charge on any atom is -0.409 e. The first kappa shape index (κ1) is 14.4. The van der Waals surface area contributed by atoms with Gasteiger partial charge in [0.25, 0.3) is 0 Å². The van der Waals surface area contributed by atoms with Crippen LogP contribution in [-0.4, -0.2) is 36.3 Å². The highest BCUT2D eigenvalue weighted by Crippen LogP contribution is 2.02. The Morgan fingerprint density at radius 1 is 1.67 bits per heavy atom. The first-order valence-corrected chi connectivity index (χ1v) is 5.79. The van der Waals surface area contributed by atoms with Crippen LogP contribution >= 0.6 is 0 Å². The smallest absolute Gasteiger partial charge is 0.188 e. The number of aromatic nitrogens is 1. The summed E-state index contributed by atoms with van der Waals surface area (Å²) < 4.78 is 5.06. The zero-order valence-corrected chi connectivity index (χ0v) is 10.8. The number of oxime groups is 1. The summed E-state index contributed by atoms with van der Waals surface area (Å²) in [7, 11) is 1.70. The van der Waals surface area contributed by atoms with Crippen molar-refractivity contribution in [3.8, 4) is 0 Å². The molecule has 6 heteroatoms. The van der Waals surface area contributed by atoms with Crippen molar-refractivity contribution in [2.75, 3.05) is 20.3 Å². The molecule has 0 amide bonds. The Labute approximate surface area is 107 Å². The molecule has 0 saturated carbocycles. The maximum atomic E-state index is 8.58. The van der Waals surface area contributed by atoms with E-state index in [4.69, 9.17) is 15.7 Å². The van der Waals surface area contributed by atoms with Gasteiger partial charge in [0, 0.05) is 33.0 Å². The molecular weight excluding hydrogens is 232 g/mol. The Hall–Kier alpha value is -1.66. The highest BCUT2D eigenvalue weighted by atomic mass is 16.5. The average Bonchev–Trinajstić information content (AvgIpc) is 2.38. The fourth-order valence-electron chi connectivity index (χ4n) is 1.58. The lowest BCUT2D eigenvalue weighted by atomic mass is 10.2. The van der Waals surface area contributed by atoms with Crippen LogP contribution in [0.3, 0.4) is 0 Å².